The van der Waals surface area contributed by atoms with E-state index in [-0.39, 0.29) is 11.8 Å². The fraction of sp³-hybridized carbons (Fsp3) is 0.619. The molecule has 1 amide bonds. The van der Waals surface area contributed by atoms with E-state index in [1.54, 1.807) is 12.1 Å². The lowest BCUT2D eigenvalue weighted by atomic mass is 9.89. The van der Waals surface area contributed by atoms with Crippen molar-refractivity contribution in [2.45, 2.75) is 31.6 Å². The summed E-state index contributed by atoms with van der Waals surface area (Å²) in [6.45, 7) is 2.30. The first-order valence-corrected chi connectivity index (χ1v) is 12.3. The highest BCUT2D eigenvalue weighted by Crippen LogP contribution is 2.33. The van der Waals surface area contributed by atoms with Gasteiger partial charge in [-0.05, 0) is 55.2 Å². The van der Waals surface area contributed by atoms with Gasteiger partial charge in [0.15, 0.2) is 0 Å². The first kappa shape index (κ1) is 23.3. The van der Waals surface area contributed by atoms with Gasteiger partial charge in [-0.1, -0.05) is 6.07 Å². The van der Waals surface area contributed by atoms with E-state index in [0.717, 1.165) is 18.4 Å². The Morgan fingerprint density at radius 2 is 1.74 bits per heavy atom. The van der Waals surface area contributed by atoms with Gasteiger partial charge in [0.2, 0.25) is 10.0 Å². The van der Waals surface area contributed by atoms with Crippen LogP contribution in [0.5, 0.6) is 5.75 Å². The summed E-state index contributed by atoms with van der Waals surface area (Å²) in [6, 6.07) is 5.49. The van der Waals surface area contributed by atoms with E-state index < -0.39 is 22.1 Å². The monoisotopic (exact) mass is 454 g/mol. The number of esters is 1. The number of hydrogen-bond donors (Lipinski definition) is 1. The Balaban J connectivity index is 1.65. The molecule has 9 nitrogen and oxygen atoms in total. The summed E-state index contributed by atoms with van der Waals surface area (Å²) in [6.07, 6.45) is 3.14. The summed E-state index contributed by atoms with van der Waals surface area (Å²) in [5.41, 5.74) is 1.32. The lowest BCUT2D eigenvalue weighted by Crippen LogP contribution is -2.38. The molecule has 0 radical (unpaired) electrons. The number of piperidine rings is 2. The summed E-state index contributed by atoms with van der Waals surface area (Å²) in [5.74, 6) is 0.354. The van der Waals surface area contributed by atoms with Crippen LogP contribution < -0.4 is 4.74 Å². The predicted octanol–water partition coefficient (Wildman–Crippen LogP) is 2.38. The zero-order valence-corrected chi connectivity index (χ0v) is 18.8. The zero-order valence-electron chi connectivity index (χ0n) is 18.0. The van der Waals surface area contributed by atoms with Gasteiger partial charge in [-0.15, -0.1) is 0 Å². The number of sulfonamides is 1. The summed E-state index contributed by atoms with van der Waals surface area (Å²) < 4.78 is 35.8. The van der Waals surface area contributed by atoms with Crippen molar-refractivity contribution in [1.29, 1.82) is 0 Å². The third kappa shape index (κ3) is 5.88. The number of nitrogens with zero attached hydrogens (tertiary/aromatic N) is 2. The highest BCUT2D eigenvalue weighted by atomic mass is 32.2. The van der Waals surface area contributed by atoms with Crippen LogP contribution in [0, 0.1) is 5.92 Å². The number of carbonyl (C=O) groups excluding carboxylic acids is 1. The van der Waals surface area contributed by atoms with Crippen molar-refractivity contribution >= 4 is 22.1 Å². The minimum Gasteiger partial charge on any atom is -0.492 e. The molecule has 1 aromatic carbocycles. The smallest absolute Gasteiger partial charge is 0.407 e. The van der Waals surface area contributed by atoms with E-state index in [2.05, 4.69) is 0 Å². The topological polar surface area (TPSA) is 113 Å². The number of methoxy groups -OCH3 is 1. The summed E-state index contributed by atoms with van der Waals surface area (Å²) in [7, 11) is -1.86. The number of ether oxygens (including phenoxy) is 2. The van der Waals surface area contributed by atoms with Crippen LogP contribution in [0.4, 0.5) is 4.79 Å². The van der Waals surface area contributed by atoms with Gasteiger partial charge in [0.25, 0.3) is 0 Å². The van der Waals surface area contributed by atoms with E-state index in [4.69, 9.17) is 14.6 Å². The number of hydrogen-bond acceptors (Lipinski definition) is 6. The van der Waals surface area contributed by atoms with Crippen LogP contribution >= 0.6 is 0 Å². The molecule has 2 saturated heterocycles. The minimum atomic E-state index is -3.19. The third-order valence-electron chi connectivity index (χ3n) is 6.16. The van der Waals surface area contributed by atoms with E-state index in [1.165, 1.54) is 22.6 Å². The van der Waals surface area contributed by atoms with Gasteiger partial charge < -0.3 is 19.5 Å². The van der Waals surface area contributed by atoms with Gasteiger partial charge in [0.05, 0.1) is 20.0 Å². The van der Waals surface area contributed by atoms with Gasteiger partial charge in [0, 0.05) is 26.2 Å². The van der Waals surface area contributed by atoms with Crippen molar-refractivity contribution in [1.82, 2.24) is 9.21 Å². The lowest BCUT2D eigenvalue weighted by Gasteiger charge is -2.31. The van der Waals surface area contributed by atoms with Crippen molar-refractivity contribution in [3.05, 3.63) is 29.3 Å². The average molecular weight is 455 g/mol. The SMILES string of the molecule is COC(=O)c1cc(C2CCN(S(C)(=O)=O)CC2)ccc1OCC1CCN(C(=O)O)CC1. The van der Waals surface area contributed by atoms with Crippen molar-refractivity contribution < 1.29 is 32.6 Å². The molecule has 0 unspecified atom stereocenters. The Kier molecular flexibility index (Phi) is 7.42. The van der Waals surface area contributed by atoms with Crippen molar-refractivity contribution in [2.75, 3.05) is 46.2 Å². The molecule has 2 heterocycles. The molecule has 0 saturated carbocycles. The van der Waals surface area contributed by atoms with Gasteiger partial charge in [-0.3, -0.25) is 0 Å². The molecule has 2 aliphatic heterocycles. The van der Waals surface area contributed by atoms with Crippen molar-refractivity contribution in [2.24, 2.45) is 5.92 Å². The molecule has 0 spiro atoms. The van der Waals surface area contributed by atoms with E-state index in [1.807, 2.05) is 6.07 Å². The normalized spacial score (nSPS) is 19.2. The molecular weight excluding hydrogens is 424 g/mol. The molecule has 0 aliphatic carbocycles. The molecule has 0 bridgehead atoms. The Hall–Kier alpha value is -2.33. The number of carboxylic acid groups (broad SMARTS) is 1. The first-order valence-electron chi connectivity index (χ1n) is 10.5. The van der Waals surface area contributed by atoms with Gasteiger partial charge >= 0.3 is 12.1 Å². The van der Waals surface area contributed by atoms with Crippen LogP contribution in [-0.4, -0.2) is 80.9 Å². The Bertz CT molecular complexity index is 902. The second-order valence-corrected chi connectivity index (χ2v) is 10.2. The van der Waals surface area contributed by atoms with Crippen molar-refractivity contribution in [3.8, 4) is 5.75 Å². The van der Waals surface area contributed by atoms with Crippen LogP contribution in [0.1, 0.15) is 47.5 Å². The highest BCUT2D eigenvalue weighted by molar-refractivity contribution is 7.88. The van der Waals surface area contributed by atoms with Crippen LogP contribution in [0.15, 0.2) is 18.2 Å². The zero-order chi connectivity index (χ0) is 22.6. The standard InChI is InChI=1S/C21H30N2O7S/c1-29-20(24)18-13-17(16-7-11-23(12-8-16)31(2,27)28)3-4-19(18)30-14-15-5-9-22(10-6-15)21(25)26/h3-4,13,15-16H,5-12,14H2,1-2H3,(H,25,26). The molecule has 2 fully saturated rings. The minimum absolute atomic E-state index is 0.163. The highest BCUT2D eigenvalue weighted by Gasteiger charge is 2.27. The number of amides is 1. The van der Waals surface area contributed by atoms with Crippen LogP contribution in [-0.2, 0) is 14.8 Å². The molecule has 31 heavy (non-hydrogen) atoms. The Labute approximate surface area is 183 Å². The molecule has 3 rings (SSSR count). The first-order chi connectivity index (χ1) is 14.7. The molecule has 172 valence electrons. The fourth-order valence-electron chi connectivity index (χ4n) is 4.22. The van der Waals surface area contributed by atoms with E-state index in [0.29, 0.717) is 56.9 Å². The predicted molar refractivity (Wildman–Crippen MR) is 114 cm³/mol. The fourth-order valence-corrected chi connectivity index (χ4v) is 5.09. The van der Waals surface area contributed by atoms with Crippen LogP contribution in [0.2, 0.25) is 0 Å². The Morgan fingerprint density at radius 1 is 1.10 bits per heavy atom. The van der Waals surface area contributed by atoms with Gasteiger partial charge in [-0.2, -0.15) is 0 Å². The molecule has 1 N–H and O–H groups in total. The van der Waals surface area contributed by atoms with Gasteiger partial charge in [-0.25, -0.2) is 22.3 Å². The number of likely N-dealkylation sites (tertiary alicyclic amines) is 1. The molecule has 2 aliphatic rings. The largest absolute Gasteiger partial charge is 0.492 e. The van der Waals surface area contributed by atoms with Gasteiger partial charge in [0.1, 0.15) is 11.3 Å². The second kappa shape index (κ2) is 9.86. The maximum absolute atomic E-state index is 12.4. The Morgan fingerprint density at radius 3 is 2.29 bits per heavy atom. The third-order valence-corrected chi connectivity index (χ3v) is 7.47. The molecular formula is C21H30N2O7S. The number of rotatable bonds is 6. The number of benzene rings is 1. The van der Waals surface area contributed by atoms with Crippen LogP contribution in [0.3, 0.4) is 0 Å². The lowest BCUT2D eigenvalue weighted by molar-refractivity contribution is 0.0592. The van der Waals surface area contributed by atoms with E-state index in [9.17, 15) is 18.0 Å². The number of carbonyl (C=O) groups is 2. The van der Waals surface area contributed by atoms with Crippen molar-refractivity contribution in [3.63, 3.8) is 0 Å². The van der Waals surface area contributed by atoms with E-state index >= 15 is 0 Å². The summed E-state index contributed by atoms with van der Waals surface area (Å²) >= 11 is 0. The quantitative estimate of drug-likeness (QED) is 0.657. The molecule has 0 aromatic heterocycles. The maximum atomic E-state index is 12.4. The molecule has 0 atom stereocenters. The second-order valence-electron chi connectivity index (χ2n) is 8.21. The molecule has 1 aromatic rings. The average Bonchev–Trinajstić information content (AvgIpc) is 2.76. The molecule has 10 heteroatoms. The summed E-state index contributed by atoms with van der Waals surface area (Å²) in [5, 5.41) is 9.06. The maximum Gasteiger partial charge on any atom is 0.407 e. The summed E-state index contributed by atoms with van der Waals surface area (Å²) in [4.78, 5) is 24.8. The van der Waals surface area contributed by atoms with Crippen LogP contribution in [0.25, 0.3) is 0 Å².